The lowest BCUT2D eigenvalue weighted by Crippen LogP contribution is -2.19. The van der Waals surface area contributed by atoms with Gasteiger partial charge in [-0.1, -0.05) is 54.1 Å². The molecular weight excluding hydrogens is 360 g/mol. The molecule has 29 heavy (non-hydrogen) atoms. The Hall–Kier alpha value is -2.85. The summed E-state index contributed by atoms with van der Waals surface area (Å²) in [6.45, 7) is 11.4. The fraction of sp³-hybridized carbons (Fsp3) is 0.320. The molecule has 1 heterocycles. The Balaban J connectivity index is 1.92. The summed E-state index contributed by atoms with van der Waals surface area (Å²) < 4.78 is 2.13. The third-order valence-electron chi connectivity index (χ3n) is 5.84. The summed E-state index contributed by atoms with van der Waals surface area (Å²) >= 11 is 0. The average molecular weight is 391 g/mol. The highest BCUT2D eigenvalue weighted by atomic mass is 16.4. The van der Waals surface area contributed by atoms with Gasteiger partial charge in [-0.2, -0.15) is 0 Å². The summed E-state index contributed by atoms with van der Waals surface area (Å²) in [6, 6.07) is 16.8. The van der Waals surface area contributed by atoms with Crippen molar-refractivity contribution in [1.82, 2.24) is 9.88 Å². The summed E-state index contributed by atoms with van der Waals surface area (Å²) in [6.07, 6.45) is 0. The number of hydrogen-bond acceptors (Lipinski definition) is 2. The van der Waals surface area contributed by atoms with Crippen LogP contribution in [0.4, 0.5) is 0 Å². The van der Waals surface area contributed by atoms with Gasteiger partial charge in [0.2, 0.25) is 0 Å². The van der Waals surface area contributed by atoms with Crippen LogP contribution in [0.5, 0.6) is 0 Å². The summed E-state index contributed by atoms with van der Waals surface area (Å²) in [5.41, 5.74) is 7.94. The largest absolute Gasteiger partial charge is 0.478 e. The number of aromatic carboxylic acids is 1. The summed E-state index contributed by atoms with van der Waals surface area (Å²) in [7, 11) is 0. The van der Waals surface area contributed by atoms with Crippen LogP contribution in [0.1, 0.15) is 62.5 Å². The van der Waals surface area contributed by atoms with Gasteiger partial charge in [-0.3, -0.25) is 0 Å². The lowest BCUT2D eigenvalue weighted by molar-refractivity contribution is 0.0694. The van der Waals surface area contributed by atoms with Gasteiger partial charge in [-0.05, 0) is 51.3 Å². The van der Waals surface area contributed by atoms with Gasteiger partial charge in [0.25, 0.3) is 0 Å². The first kappa shape index (κ1) is 20.9. The normalized spacial score (nSPS) is 12.2. The zero-order valence-corrected chi connectivity index (χ0v) is 17.9. The van der Waals surface area contributed by atoms with Crippen molar-refractivity contribution in [2.45, 2.75) is 53.8 Å². The topological polar surface area (TPSA) is 54.3 Å². The van der Waals surface area contributed by atoms with Crippen LogP contribution in [0.25, 0.3) is 0 Å². The number of carboxylic acids is 1. The second kappa shape index (κ2) is 8.66. The highest BCUT2D eigenvalue weighted by Gasteiger charge is 2.23. The van der Waals surface area contributed by atoms with Gasteiger partial charge in [-0.25, -0.2) is 4.79 Å². The smallest absolute Gasteiger partial charge is 0.337 e. The molecule has 152 valence electrons. The lowest BCUT2D eigenvalue weighted by Gasteiger charge is -2.15. The van der Waals surface area contributed by atoms with Crippen molar-refractivity contribution in [3.63, 3.8) is 0 Å². The van der Waals surface area contributed by atoms with Crippen LogP contribution in [0.2, 0.25) is 0 Å². The van der Waals surface area contributed by atoms with Crippen molar-refractivity contribution >= 4 is 5.97 Å². The van der Waals surface area contributed by atoms with Gasteiger partial charge in [0, 0.05) is 36.1 Å². The molecule has 0 fully saturated rings. The Morgan fingerprint density at radius 2 is 1.72 bits per heavy atom. The summed E-state index contributed by atoms with van der Waals surface area (Å²) in [5, 5.41) is 13.4. The standard InChI is InChI=1S/C25H30N2O2/c1-16-11-12-17(2)22(13-16)15-27-19(4)23(24(20(27)5)25(28)29)14-26-18(3)21-9-7-6-8-10-21/h6-13,18,26H,14-15H2,1-5H3,(H,28,29)/t18-/m1/s1. The predicted octanol–water partition coefficient (Wildman–Crippen LogP) is 5.32. The molecule has 4 heteroatoms. The number of rotatable bonds is 7. The van der Waals surface area contributed by atoms with Gasteiger partial charge < -0.3 is 15.0 Å². The first-order valence-electron chi connectivity index (χ1n) is 10.1. The third kappa shape index (κ3) is 4.43. The van der Waals surface area contributed by atoms with Crippen LogP contribution in [0, 0.1) is 27.7 Å². The number of nitrogens with one attached hydrogen (secondary N) is 1. The van der Waals surface area contributed by atoms with E-state index in [0.717, 1.165) is 17.0 Å². The quantitative estimate of drug-likeness (QED) is 0.574. The SMILES string of the molecule is Cc1ccc(C)c(Cn2c(C)c(CN[C@H](C)c3ccccc3)c(C(=O)O)c2C)c1. The number of aromatic nitrogens is 1. The predicted molar refractivity (Wildman–Crippen MR) is 118 cm³/mol. The molecule has 1 aromatic heterocycles. The second-order valence-corrected chi connectivity index (χ2v) is 7.86. The minimum Gasteiger partial charge on any atom is -0.478 e. The molecule has 0 saturated heterocycles. The van der Waals surface area contributed by atoms with E-state index >= 15 is 0 Å². The Kier molecular flexibility index (Phi) is 6.23. The lowest BCUT2D eigenvalue weighted by atomic mass is 10.1. The van der Waals surface area contributed by atoms with Crippen LogP contribution in [0.15, 0.2) is 48.5 Å². The minimum absolute atomic E-state index is 0.139. The van der Waals surface area contributed by atoms with Crippen molar-refractivity contribution in [2.75, 3.05) is 0 Å². The fourth-order valence-electron chi connectivity index (χ4n) is 3.94. The van der Waals surface area contributed by atoms with Crippen LogP contribution in [-0.4, -0.2) is 15.6 Å². The van der Waals surface area contributed by atoms with E-state index in [9.17, 15) is 9.90 Å². The molecule has 2 aromatic carbocycles. The van der Waals surface area contributed by atoms with Crippen LogP contribution in [0.3, 0.4) is 0 Å². The minimum atomic E-state index is -0.866. The van der Waals surface area contributed by atoms with Crippen molar-refractivity contribution < 1.29 is 9.90 Å². The Bertz CT molecular complexity index is 1020. The van der Waals surface area contributed by atoms with Crippen LogP contribution < -0.4 is 5.32 Å². The monoisotopic (exact) mass is 390 g/mol. The average Bonchev–Trinajstić information content (AvgIpc) is 2.93. The number of hydrogen-bond donors (Lipinski definition) is 2. The zero-order chi connectivity index (χ0) is 21.1. The first-order valence-corrected chi connectivity index (χ1v) is 10.1. The van der Waals surface area contributed by atoms with Gasteiger partial charge in [0.05, 0.1) is 5.56 Å². The number of aryl methyl sites for hydroxylation is 2. The van der Waals surface area contributed by atoms with Crippen molar-refractivity contribution in [2.24, 2.45) is 0 Å². The molecule has 0 unspecified atom stereocenters. The van der Waals surface area contributed by atoms with Gasteiger partial charge in [-0.15, -0.1) is 0 Å². The molecule has 0 aliphatic rings. The Labute approximate surface area is 173 Å². The zero-order valence-electron chi connectivity index (χ0n) is 17.9. The molecule has 0 saturated carbocycles. The van der Waals surface area contributed by atoms with E-state index in [1.807, 2.05) is 32.0 Å². The summed E-state index contributed by atoms with van der Waals surface area (Å²) in [5.74, 6) is -0.866. The maximum Gasteiger partial charge on any atom is 0.337 e. The highest BCUT2D eigenvalue weighted by Crippen LogP contribution is 2.26. The number of benzene rings is 2. The maximum absolute atomic E-state index is 12.1. The molecule has 0 aliphatic heterocycles. The molecule has 4 nitrogen and oxygen atoms in total. The molecule has 0 bridgehead atoms. The molecule has 0 spiro atoms. The van der Waals surface area contributed by atoms with E-state index in [-0.39, 0.29) is 6.04 Å². The Morgan fingerprint density at radius 1 is 1.03 bits per heavy atom. The molecule has 3 aromatic rings. The van der Waals surface area contributed by atoms with E-state index in [1.165, 1.54) is 22.3 Å². The van der Waals surface area contributed by atoms with Crippen molar-refractivity contribution in [1.29, 1.82) is 0 Å². The maximum atomic E-state index is 12.1. The van der Waals surface area contributed by atoms with Crippen molar-refractivity contribution in [3.8, 4) is 0 Å². The first-order chi connectivity index (χ1) is 13.8. The molecule has 2 N–H and O–H groups in total. The van der Waals surface area contributed by atoms with Gasteiger partial charge in [0.1, 0.15) is 0 Å². The molecular formula is C25H30N2O2. The second-order valence-electron chi connectivity index (χ2n) is 7.86. The number of carbonyl (C=O) groups is 1. The van der Waals surface area contributed by atoms with E-state index in [2.05, 4.69) is 61.0 Å². The molecule has 0 radical (unpaired) electrons. The van der Waals surface area contributed by atoms with Gasteiger partial charge in [0.15, 0.2) is 0 Å². The van der Waals surface area contributed by atoms with E-state index in [4.69, 9.17) is 0 Å². The third-order valence-corrected chi connectivity index (χ3v) is 5.84. The van der Waals surface area contributed by atoms with Crippen LogP contribution >= 0.6 is 0 Å². The Morgan fingerprint density at radius 3 is 2.38 bits per heavy atom. The number of nitrogens with zero attached hydrogens (tertiary/aromatic N) is 1. The summed E-state index contributed by atoms with van der Waals surface area (Å²) in [4.78, 5) is 12.1. The van der Waals surface area contributed by atoms with Crippen molar-refractivity contribution in [3.05, 3.63) is 93.3 Å². The molecule has 1 atom stereocenters. The van der Waals surface area contributed by atoms with E-state index in [1.54, 1.807) is 0 Å². The molecule has 0 amide bonds. The van der Waals surface area contributed by atoms with E-state index in [0.29, 0.717) is 18.7 Å². The number of carboxylic acid groups (broad SMARTS) is 1. The van der Waals surface area contributed by atoms with Gasteiger partial charge >= 0.3 is 5.97 Å². The highest BCUT2D eigenvalue weighted by molar-refractivity contribution is 5.91. The fourth-order valence-corrected chi connectivity index (χ4v) is 3.94. The van der Waals surface area contributed by atoms with Crippen LogP contribution in [-0.2, 0) is 13.1 Å². The van der Waals surface area contributed by atoms with E-state index < -0.39 is 5.97 Å². The molecule has 0 aliphatic carbocycles. The molecule has 3 rings (SSSR count).